The van der Waals surface area contributed by atoms with E-state index in [2.05, 4.69) is 0 Å². The third-order valence-electron chi connectivity index (χ3n) is 2.61. The number of hydrogen-bond acceptors (Lipinski definition) is 2. The summed E-state index contributed by atoms with van der Waals surface area (Å²) in [5.41, 5.74) is 1.96. The molecule has 0 bridgehead atoms. The lowest BCUT2D eigenvalue weighted by molar-refractivity contribution is 0.0945. The van der Waals surface area contributed by atoms with Crippen LogP contribution in [0.5, 0.6) is 5.75 Å². The summed E-state index contributed by atoms with van der Waals surface area (Å²) in [6.45, 7) is 6.06. The number of rotatable bonds is 2. The lowest BCUT2D eigenvalue weighted by Gasteiger charge is -2.12. The van der Waals surface area contributed by atoms with Crippen LogP contribution < -0.4 is 4.52 Å². The minimum Gasteiger partial charge on any atom is -0.474 e. The Kier molecular flexibility index (Phi) is 2.79. The Balaban J connectivity index is 2.43. The van der Waals surface area contributed by atoms with Gasteiger partial charge in [0.25, 0.3) is 0 Å². The second-order valence-electron chi connectivity index (χ2n) is 4.16. The Morgan fingerprint density at radius 2 is 2.13 bits per heavy atom. The second kappa shape index (κ2) is 3.94. The average Bonchev–Trinajstić information content (AvgIpc) is 2.43. The van der Waals surface area contributed by atoms with Gasteiger partial charge in [0.1, 0.15) is 5.75 Å². The molecule has 1 aromatic rings. The van der Waals surface area contributed by atoms with Crippen molar-refractivity contribution >= 4 is 13.9 Å². The van der Waals surface area contributed by atoms with E-state index in [1.807, 2.05) is 38.5 Å². The van der Waals surface area contributed by atoms with Crippen molar-refractivity contribution in [2.24, 2.45) is 5.92 Å². The maximum atomic E-state index is 11.9. The zero-order valence-electron chi connectivity index (χ0n) is 9.28. The van der Waals surface area contributed by atoms with Crippen LogP contribution in [0.3, 0.4) is 0 Å². The Labute approximate surface area is 91.5 Å². The van der Waals surface area contributed by atoms with E-state index in [4.69, 9.17) is 4.52 Å². The van der Waals surface area contributed by atoms with Crippen molar-refractivity contribution in [3.63, 3.8) is 0 Å². The summed E-state index contributed by atoms with van der Waals surface area (Å²) in [7, 11) is -0.469. The molecule has 1 unspecified atom stereocenters. The molecular weight excluding hydrogens is 207 g/mol. The molecule has 1 aromatic carbocycles. The highest BCUT2D eigenvalue weighted by Crippen LogP contribution is 2.38. The Bertz CT molecular complexity index is 399. The molecule has 0 radical (unpaired) electrons. The molecule has 0 aromatic heterocycles. The fourth-order valence-electron chi connectivity index (χ4n) is 1.97. The molecule has 0 heterocycles. The molecule has 80 valence electrons. The lowest BCUT2D eigenvalue weighted by Crippen LogP contribution is -2.04. The van der Waals surface area contributed by atoms with Gasteiger partial charge in [-0.05, 0) is 31.4 Å². The summed E-state index contributed by atoms with van der Waals surface area (Å²) in [6, 6.07) is 5.90. The maximum Gasteiger partial charge on any atom is 0.170 e. The third-order valence-corrected chi connectivity index (χ3v) is 3.18. The van der Waals surface area contributed by atoms with Gasteiger partial charge in [0.15, 0.2) is 5.78 Å². The molecule has 15 heavy (non-hydrogen) atoms. The van der Waals surface area contributed by atoms with Gasteiger partial charge < -0.3 is 4.52 Å². The normalized spacial score (nSPS) is 19.5. The average molecular weight is 222 g/mol. The SMILES string of the molecule is CC1Cc2cccc(OP(C)C)c2C1=O. The molecule has 2 rings (SSSR count). The van der Waals surface area contributed by atoms with E-state index in [-0.39, 0.29) is 11.7 Å². The van der Waals surface area contributed by atoms with Crippen molar-refractivity contribution in [1.82, 2.24) is 0 Å². The Morgan fingerprint density at radius 1 is 1.40 bits per heavy atom. The summed E-state index contributed by atoms with van der Waals surface area (Å²) in [4.78, 5) is 11.9. The van der Waals surface area contributed by atoms with Gasteiger partial charge >= 0.3 is 0 Å². The summed E-state index contributed by atoms with van der Waals surface area (Å²) in [5, 5.41) is 0. The van der Waals surface area contributed by atoms with Gasteiger partial charge in [-0.25, -0.2) is 0 Å². The van der Waals surface area contributed by atoms with Crippen molar-refractivity contribution in [3.05, 3.63) is 29.3 Å². The molecule has 0 saturated carbocycles. The van der Waals surface area contributed by atoms with Gasteiger partial charge in [0, 0.05) is 5.92 Å². The quantitative estimate of drug-likeness (QED) is 0.719. The number of hydrogen-bond donors (Lipinski definition) is 0. The fraction of sp³-hybridized carbons (Fsp3) is 0.417. The zero-order valence-corrected chi connectivity index (χ0v) is 10.2. The van der Waals surface area contributed by atoms with E-state index in [0.717, 1.165) is 23.3 Å². The predicted octanol–water partition coefficient (Wildman–Crippen LogP) is 3.10. The van der Waals surface area contributed by atoms with Crippen molar-refractivity contribution in [1.29, 1.82) is 0 Å². The molecule has 0 N–H and O–H groups in total. The van der Waals surface area contributed by atoms with Crippen LogP contribution in [0.25, 0.3) is 0 Å². The molecule has 0 spiro atoms. The van der Waals surface area contributed by atoms with Gasteiger partial charge in [-0.3, -0.25) is 4.79 Å². The summed E-state index contributed by atoms with van der Waals surface area (Å²) in [6.07, 6.45) is 0.858. The van der Waals surface area contributed by atoms with E-state index >= 15 is 0 Å². The Morgan fingerprint density at radius 3 is 2.80 bits per heavy atom. The molecular formula is C12H15O2P. The second-order valence-corrected chi connectivity index (χ2v) is 5.97. The van der Waals surface area contributed by atoms with Crippen molar-refractivity contribution < 1.29 is 9.32 Å². The number of Topliss-reactive ketones (excluding diaryl/α,β-unsaturated/α-hetero) is 1. The molecule has 3 heteroatoms. The molecule has 1 atom stereocenters. The molecule has 2 nitrogen and oxygen atoms in total. The van der Waals surface area contributed by atoms with Gasteiger partial charge in [-0.15, -0.1) is 0 Å². The van der Waals surface area contributed by atoms with Gasteiger partial charge in [-0.1, -0.05) is 19.1 Å². The number of ketones is 1. The first-order valence-corrected chi connectivity index (χ1v) is 7.26. The van der Waals surface area contributed by atoms with Crippen molar-refractivity contribution in [3.8, 4) is 5.75 Å². The van der Waals surface area contributed by atoms with Crippen LogP contribution in [0.1, 0.15) is 22.8 Å². The van der Waals surface area contributed by atoms with E-state index in [1.165, 1.54) is 0 Å². The van der Waals surface area contributed by atoms with Gasteiger partial charge in [-0.2, -0.15) is 0 Å². The fourth-order valence-corrected chi connectivity index (χ4v) is 2.51. The maximum absolute atomic E-state index is 11.9. The standard InChI is InChI=1S/C12H15O2P/c1-8-7-9-5-4-6-10(14-15(2)3)11(9)12(8)13/h4-6,8H,7H2,1-3H3. The topological polar surface area (TPSA) is 26.3 Å². The third kappa shape index (κ3) is 1.91. The minimum absolute atomic E-state index is 0.115. The van der Waals surface area contributed by atoms with Crippen LogP contribution in [-0.2, 0) is 6.42 Å². The smallest absolute Gasteiger partial charge is 0.170 e. The number of benzene rings is 1. The van der Waals surface area contributed by atoms with Crippen LogP contribution in [0.2, 0.25) is 0 Å². The van der Waals surface area contributed by atoms with E-state index in [9.17, 15) is 4.79 Å². The first-order chi connectivity index (χ1) is 7.09. The first kappa shape index (κ1) is 10.6. The molecule has 0 fully saturated rings. The van der Waals surface area contributed by atoms with Crippen LogP contribution in [0.15, 0.2) is 18.2 Å². The van der Waals surface area contributed by atoms with Crippen LogP contribution >= 0.6 is 8.15 Å². The summed E-state index contributed by atoms with van der Waals surface area (Å²) in [5.74, 6) is 1.13. The molecule has 1 aliphatic rings. The largest absolute Gasteiger partial charge is 0.474 e. The predicted molar refractivity (Wildman–Crippen MR) is 63.0 cm³/mol. The van der Waals surface area contributed by atoms with Gasteiger partial charge in [0.2, 0.25) is 0 Å². The molecule has 0 amide bonds. The summed E-state index contributed by atoms with van der Waals surface area (Å²) < 4.78 is 5.72. The van der Waals surface area contributed by atoms with E-state index < -0.39 is 8.15 Å². The summed E-state index contributed by atoms with van der Waals surface area (Å²) >= 11 is 0. The van der Waals surface area contributed by atoms with Gasteiger partial charge in [0.05, 0.1) is 13.7 Å². The zero-order chi connectivity index (χ0) is 11.0. The van der Waals surface area contributed by atoms with Crippen LogP contribution in [0.4, 0.5) is 0 Å². The minimum atomic E-state index is -0.469. The van der Waals surface area contributed by atoms with E-state index in [0.29, 0.717) is 0 Å². The number of fused-ring (bicyclic) bond motifs is 1. The van der Waals surface area contributed by atoms with Crippen LogP contribution in [0, 0.1) is 5.92 Å². The van der Waals surface area contributed by atoms with E-state index in [1.54, 1.807) is 0 Å². The van der Waals surface area contributed by atoms with Crippen molar-refractivity contribution in [2.45, 2.75) is 13.3 Å². The molecule has 0 aliphatic heterocycles. The first-order valence-electron chi connectivity index (χ1n) is 5.11. The molecule has 1 aliphatic carbocycles. The highest BCUT2D eigenvalue weighted by Gasteiger charge is 2.30. The lowest BCUT2D eigenvalue weighted by atomic mass is 10.1. The molecule has 0 saturated heterocycles. The highest BCUT2D eigenvalue weighted by atomic mass is 31.1. The highest BCUT2D eigenvalue weighted by molar-refractivity contribution is 7.51. The van der Waals surface area contributed by atoms with Crippen molar-refractivity contribution in [2.75, 3.05) is 13.3 Å². The van der Waals surface area contributed by atoms with Crippen LogP contribution in [-0.4, -0.2) is 19.1 Å². The Hall–Kier alpha value is -0.880. The number of carbonyl (C=O) groups excluding carboxylic acids is 1. The monoisotopic (exact) mass is 222 g/mol. The number of carbonyl (C=O) groups is 1.